The van der Waals surface area contributed by atoms with E-state index in [1.165, 1.54) is 0 Å². The van der Waals surface area contributed by atoms with Gasteiger partial charge in [0.15, 0.2) is 0 Å². The molecule has 1 saturated heterocycles. The van der Waals surface area contributed by atoms with Crippen LogP contribution in [0.1, 0.15) is 24.4 Å². The maximum Gasteiger partial charge on any atom is 0.252 e. The summed E-state index contributed by atoms with van der Waals surface area (Å²) in [4.78, 5) is 31.4. The molecule has 0 saturated carbocycles. The van der Waals surface area contributed by atoms with E-state index in [-0.39, 0.29) is 29.6 Å². The first-order chi connectivity index (χ1) is 15.0. The summed E-state index contributed by atoms with van der Waals surface area (Å²) in [6.07, 6.45) is 3.79. The summed E-state index contributed by atoms with van der Waals surface area (Å²) in [5, 5.41) is 5.30. The molecule has 32 heavy (non-hydrogen) atoms. The normalized spacial score (nSPS) is 18.8. The maximum atomic E-state index is 12.6. The minimum Gasteiger partial charge on any atom is -0.310 e. The highest BCUT2D eigenvalue weighted by atomic mass is 35.5. The Morgan fingerprint density at radius 1 is 1.06 bits per heavy atom. The second-order valence-corrected chi connectivity index (χ2v) is 9.09. The van der Waals surface area contributed by atoms with Gasteiger partial charge in [0, 0.05) is 49.4 Å². The van der Waals surface area contributed by atoms with Gasteiger partial charge in [-0.2, -0.15) is 0 Å². The Morgan fingerprint density at radius 3 is 2.50 bits per heavy atom. The van der Waals surface area contributed by atoms with Gasteiger partial charge in [-0.25, -0.2) is 4.98 Å². The van der Waals surface area contributed by atoms with Crippen molar-refractivity contribution in [2.24, 2.45) is 0 Å². The summed E-state index contributed by atoms with van der Waals surface area (Å²) in [7, 11) is 0. The third kappa shape index (κ3) is 4.45. The Morgan fingerprint density at radius 2 is 1.78 bits per heavy atom. The molecule has 3 aromatic rings. The molecule has 7 nitrogen and oxygen atoms in total. The topological polar surface area (TPSA) is 72.2 Å². The lowest BCUT2D eigenvalue weighted by Gasteiger charge is -2.34. The molecule has 5 heterocycles. The van der Waals surface area contributed by atoms with Crippen molar-refractivity contribution < 1.29 is 0 Å². The number of piperidine rings is 1. The summed E-state index contributed by atoms with van der Waals surface area (Å²) in [6.45, 7) is 3.92. The molecular formula is C22H24Cl3N5O2. The predicted octanol–water partition coefficient (Wildman–Crippen LogP) is 3.10. The highest BCUT2D eigenvalue weighted by molar-refractivity contribution is 6.41. The van der Waals surface area contributed by atoms with Crippen molar-refractivity contribution in [2.75, 3.05) is 19.6 Å². The summed E-state index contributed by atoms with van der Waals surface area (Å²) in [5.74, 6) is 0. The first-order valence-electron chi connectivity index (χ1n) is 10.5. The number of nitrogens with one attached hydrogen (secondary N) is 1. The summed E-state index contributed by atoms with van der Waals surface area (Å²) in [5.41, 5.74) is 1.67. The molecule has 1 fully saturated rings. The van der Waals surface area contributed by atoms with E-state index in [4.69, 9.17) is 23.2 Å². The average Bonchev–Trinajstić information content (AvgIpc) is 3.15. The summed E-state index contributed by atoms with van der Waals surface area (Å²) in [6, 6.07) is 9.03. The Bertz CT molecular complexity index is 1250. The zero-order valence-corrected chi connectivity index (χ0v) is 19.7. The van der Waals surface area contributed by atoms with Crippen molar-refractivity contribution in [1.29, 1.82) is 0 Å². The number of hydrogen-bond acceptors (Lipinski definition) is 5. The van der Waals surface area contributed by atoms with E-state index in [1.54, 1.807) is 39.6 Å². The van der Waals surface area contributed by atoms with Crippen LogP contribution in [0.2, 0.25) is 10.2 Å². The number of nitrogens with zero attached hydrogens (tertiary/aromatic N) is 4. The van der Waals surface area contributed by atoms with Crippen LogP contribution in [0.3, 0.4) is 0 Å². The van der Waals surface area contributed by atoms with E-state index in [1.807, 2.05) is 6.07 Å². The van der Waals surface area contributed by atoms with Crippen molar-refractivity contribution in [1.82, 2.24) is 24.3 Å². The van der Waals surface area contributed by atoms with Gasteiger partial charge in [-0.05, 0) is 49.7 Å². The molecule has 1 atom stereocenters. The monoisotopic (exact) mass is 495 g/mol. The number of hydrogen-bond donors (Lipinski definition) is 1. The van der Waals surface area contributed by atoms with Crippen molar-refractivity contribution in [3.63, 3.8) is 0 Å². The lowest BCUT2D eigenvalue weighted by atomic mass is 10.0. The van der Waals surface area contributed by atoms with Crippen molar-refractivity contribution >= 4 is 46.6 Å². The van der Waals surface area contributed by atoms with Gasteiger partial charge in [-0.15, -0.1) is 12.4 Å². The van der Waals surface area contributed by atoms with E-state index in [0.717, 1.165) is 49.1 Å². The van der Waals surface area contributed by atoms with E-state index in [0.29, 0.717) is 29.3 Å². The van der Waals surface area contributed by atoms with Crippen molar-refractivity contribution in [2.45, 2.75) is 38.0 Å². The quantitative estimate of drug-likeness (QED) is 0.550. The van der Waals surface area contributed by atoms with Gasteiger partial charge in [0.2, 0.25) is 0 Å². The van der Waals surface area contributed by atoms with Gasteiger partial charge >= 0.3 is 0 Å². The highest BCUT2D eigenvalue weighted by Gasteiger charge is 2.29. The van der Waals surface area contributed by atoms with E-state index < -0.39 is 0 Å². The molecule has 2 aliphatic heterocycles. The lowest BCUT2D eigenvalue weighted by Crippen LogP contribution is -2.44. The fourth-order valence-electron chi connectivity index (χ4n) is 4.73. The molecule has 0 unspecified atom stereocenters. The van der Waals surface area contributed by atoms with Gasteiger partial charge in [0.1, 0.15) is 10.8 Å². The standard InChI is InChI=1S/C22H23Cl2N5O2.ClH/c23-18-9-14(11-26-21(18)24)10-25-16-5-7-27(8-6-16)12-17-13-28-19(30)3-1-15-2-4-20(31)29(17)22(15)28;/h1-4,9,11,16-17,25H,5-8,10,12-13H2;1H/t17-;/m1./s1. The molecule has 0 aliphatic carbocycles. The van der Waals surface area contributed by atoms with Crippen LogP contribution in [0.15, 0.2) is 46.1 Å². The minimum atomic E-state index is -0.0472. The second kappa shape index (κ2) is 9.53. The SMILES string of the molecule is Cl.O=c1ccc2ccc(=O)n3c2n1C[C@H]3CN1CCC(NCc2cnc(Cl)c(Cl)c2)CC1. The average molecular weight is 497 g/mol. The van der Waals surface area contributed by atoms with Gasteiger partial charge in [0.05, 0.1) is 11.1 Å². The molecule has 0 aromatic carbocycles. The number of likely N-dealkylation sites (tertiary alicyclic amines) is 1. The van der Waals surface area contributed by atoms with Crippen LogP contribution in [-0.4, -0.2) is 44.7 Å². The third-order valence-electron chi connectivity index (χ3n) is 6.32. The fourth-order valence-corrected chi connectivity index (χ4v) is 5.02. The Kier molecular flexibility index (Phi) is 6.93. The minimum absolute atomic E-state index is 0. The van der Waals surface area contributed by atoms with Gasteiger partial charge in [-0.3, -0.25) is 18.7 Å². The van der Waals surface area contributed by atoms with Crippen LogP contribution in [0.25, 0.3) is 11.0 Å². The van der Waals surface area contributed by atoms with Gasteiger partial charge in [0.25, 0.3) is 11.1 Å². The van der Waals surface area contributed by atoms with Crippen LogP contribution in [-0.2, 0) is 13.1 Å². The van der Waals surface area contributed by atoms with Gasteiger partial charge < -0.3 is 10.2 Å². The Labute approximate surface area is 201 Å². The summed E-state index contributed by atoms with van der Waals surface area (Å²) >= 11 is 11.9. The summed E-state index contributed by atoms with van der Waals surface area (Å²) < 4.78 is 3.54. The number of pyridine rings is 3. The molecule has 170 valence electrons. The van der Waals surface area contributed by atoms with E-state index >= 15 is 0 Å². The van der Waals surface area contributed by atoms with Crippen LogP contribution in [0, 0.1) is 0 Å². The first kappa shape index (κ1) is 23.3. The lowest BCUT2D eigenvalue weighted by molar-refractivity contribution is 0.171. The zero-order chi connectivity index (χ0) is 21.5. The molecular weight excluding hydrogens is 473 g/mol. The predicted molar refractivity (Wildman–Crippen MR) is 129 cm³/mol. The largest absolute Gasteiger partial charge is 0.310 e. The van der Waals surface area contributed by atoms with Crippen molar-refractivity contribution in [3.05, 3.63) is 73.0 Å². The number of halogens is 3. The third-order valence-corrected chi connectivity index (χ3v) is 7.01. The zero-order valence-electron chi connectivity index (χ0n) is 17.3. The molecule has 0 amide bonds. The molecule has 5 rings (SSSR count). The van der Waals surface area contributed by atoms with Gasteiger partial charge in [-0.1, -0.05) is 23.2 Å². The molecule has 0 radical (unpaired) electrons. The number of rotatable bonds is 5. The van der Waals surface area contributed by atoms with E-state index in [9.17, 15) is 9.59 Å². The van der Waals surface area contributed by atoms with Crippen LogP contribution < -0.4 is 16.4 Å². The fraction of sp³-hybridized carbons (Fsp3) is 0.409. The van der Waals surface area contributed by atoms with Crippen molar-refractivity contribution in [3.8, 4) is 0 Å². The molecule has 0 bridgehead atoms. The highest BCUT2D eigenvalue weighted by Crippen LogP contribution is 2.25. The molecule has 0 spiro atoms. The maximum absolute atomic E-state index is 12.6. The Hall–Kier alpha value is -1.90. The second-order valence-electron chi connectivity index (χ2n) is 8.33. The smallest absolute Gasteiger partial charge is 0.252 e. The van der Waals surface area contributed by atoms with Crippen LogP contribution in [0.4, 0.5) is 0 Å². The van der Waals surface area contributed by atoms with Crippen LogP contribution in [0.5, 0.6) is 0 Å². The number of aromatic nitrogens is 3. The molecule has 2 aliphatic rings. The molecule has 3 aromatic heterocycles. The molecule has 1 N–H and O–H groups in total. The van der Waals surface area contributed by atoms with Crippen LogP contribution >= 0.6 is 35.6 Å². The first-order valence-corrected chi connectivity index (χ1v) is 11.3. The Balaban J connectivity index is 0.00000245. The molecule has 10 heteroatoms. The van der Waals surface area contributed by atoms with E-state index in [2.05, 4.69) is 15.2 Å².